The lowest BCUT2D eigenvalue weighted by Gasteiger charge is -2.40. The van der Waals surface area contributed by atoms with Crippen LogP contribution in [-0.4, -0.2) is 61.2 Å². The molecule has 1 N–H and O–H groups in total. The van der Waals surface area contributed by atoms with Crippen LogP contribution in [-0.2, 0) is 0 Å². The van der Waals surface area contributed by atoms with Gasteiger partial charge in [-0.2, -0.15) is 0 Å². The second-order valence-electron chi connectivity index (χ2n) is 6.80. The van der Waals surface area contributed by atoms with Gasteiger partial charge in [0.2, 0.25) is 0 Å². The molecule has 1 saturated heterocycles. The van der Waals surface area contributed by atoms with Crippen molar-refractivity contribution in [2.75, 3.05) is 39.3 Å². The molecule has 1 aliphatic heterocycles. The number of likely N-dealkylation sites (N-methyl/N-ethyl adjacent to an activating group) is 1. The fourth-order valence-corrected chi connectivity index (χ4v) is 3.93. The molecule has 0 spiro atoms. The zero-order valence-electron chi connectivity index (χ0n) is 13.9. The molecule has 1 saturated carbocycles. The Morgan fingerprint density at radius 2 is 1.70 bits per heavy atom. The van der Waals surface area contributed by atoms with E-state index in [1.54, 1.807) is 0 Å². The Morgan fingerprint density at radius 3 is 2.25 bits per heavy atom. The summed E-state index contributed by atoms with van der Waals surface area (Å²) >= 11 is 0. The maximum Gasteiger partial charge on any atom is 0.0223 e. The molecule has 0 aromatic rings. The van der Waals surface area contributed by atoms with Crippen molar-refractivity contribution >= 4 is 0 Å². The van der Waals surface area contributed by atoms with Crippen molar-refractivity contribution in [1.29, 1.82) is 0 Å². The van der Waals surface area contributed by atoms with Crippen LogP contribution in [0.25, 0.3) is 0 Å². The molecule has 0 radical (unpaired) electrons. The van der Waals surface area contributed by atoms with Gasteiger partial charge in [-0.1, -0.05) is 26.7 Å². The molecule has 118 valence electrons. The summed E-state index contributed by atoms with van der Waals surface area (Å²) in [6, 6.07) is 1.49. The topological polar surface area (TPSA) is 18.5 Å². The number of nitrogens with one attached hydrogen (secondary N) is 1. The molecule has 0 amide bonds. The average molecular weight is 281 g/mol. The van der Waals surface area contributed by atoms with Crippen LogP contribution in [0.2, 0.25) is 0 Å². The van der Waals surface area contributed by atoms with Crippen molar-refractivity contribution in [3.63, 3.8) is 0 Å². The van der Waals surface area contributed by atoms with Crippen LogP contribution < -0.4 is 5.32 Å². The van der Waals surface area contributed by atoms with Gasteiger partial charge in [0.15, 0.2) is 0 Å². The molecule has 1 aliphatic carbocycles. The van der Waals surface area contributed by atoms with Gasteiger partial charge in [-0.25, -0.2) is 0 Å². The predicted octanol–water partition coefficient (Wildman–Crippen LogP) is 2.57. The maximum absolute atomic E-state index is 3.76. The fraction of sp³-hybridized carbons (Fsp3) is 1.00. The molecule has 2 fully saturated rings. The summed E-state index contributed by atoms with van der Waals surface area (Å²) in [6.45, 7) is 14.4. The molecule has 0 bridgehead atoms. The number of hydrogen-bond acceptors (Lipinski definition) is 3. The Labute approximate surface area is 126 Å². The molecule has 20 heavy (non-hydrogen) atoms. The SMILES string of the molecule is CCNC(CN1CCN(C(C)CC)CC1)C1CCCC1. The third-order valence-electron chi connectivity index (χ3n) is 5.51. The second kappa shape index (κ2) is 8.35. The van der Waals surface area contributed by atoms with Crippen LogP contribution in [0.5, 0.6) is 0 Å². The summed E-state index contributed by atoms with van der Waals surface area (Å²) in [5, 5.41) is 3.76. The van der Waals surface area contributed by atoms with Gasteiger partial charge in [0.25, 0.3) is 0 Å². The highest BCUT2D eigenvalue weighted by Crippen LogP contribution is 2.28. The minimum Gasteiger partial charge on any atom is -0.313 e. The molecule has 0 aromatic carbocycles. The summed E-state index contributed by atoms with van der Waals surface area (Å²) < 4.78 is 0. The van der Waals surface area contributed by atoms with E-state index in [0.29, 0.717) is 0 Å². The summed E-state index contributed by atoms with van der Waals surface area (Å²) in [4.78, 5) is 5.36. The Bertz CT molecular complexity index is 255. The molecule has 2 unspecified atom stereocenters. The quantitative estimate of drug-likeness (QED) is 0.774. The van der Waals surface area contributed by atoms with E-state index in [-0.39, 0.29) is 0 Å². The molecule has 2 atom stereocenters. The van der Waals surface area contributed by atoms with Gasteiger partial charge in [0.1, 0.15) is 0 Å². The first kappa shape index (κ1) is 16.3. The van der Waals surface area contributed by atoms with Crippen LogP contribution in [0.3, 0.4) is 0 Å². The average Bonchev–Trinajstić information content (AvgIpc) is 3.01. The largest absolute Gasteiger partial charge is 0.313 e. The first-order valence-electron chi connectivity index (χ1n) is 8.94. The third kappa shape index (κ3) is 4.44. The molecule has 3 heteroatoms. The zero-order chi connectivity index (χ0) is 14.4. The molecular weight excluding hydrogens is 246 g/mol. The highest BCUT2D eigenvalue weighted by atomic mass is 15.3. The molecule has 3 nitrogen and oxygen atoms in total. The Kier molecular flexibility index (Phi) is 6.79. The lowest BCUT2D eigenvalue weighted by Crippen LogP contribution is -2.53. The van der Waals surface area contributed by atoms with E-state index in [1.165, 1.54) is 64.8 Å². The highest BCUT2D eigenvalue weighted by molar-refractivity contribution is 4.85. The molecule has 2 aliphatic rings. The van der Waals surface area contributed by atoms with Gasteiger partial charge in [-0.05, 0) is 38.6 Å². The fourth-order valence-electron chi connectivity index (χ4n) is 3.93. The lowest BCUT2D eigenvalue weighted by molar-refractivity contribution is 0.0881. The van der Waals surface area contributed by atoms with Gasteiger partial charge in [0, 0.05) is 44.8 Å². The van der Waals surface area contributed by atoms with E-state index in [2.05, 4.69) is 35.9 Å². The zero-order valence-corrected chi connectivity index (χ0v) is 13.9. The van der Waals surface area contributed by atoms with Crippen molar-refractivity contribution < 1.29 is 0 Å². The molecular formula is C17H35N3. The summed E-state index contributed by atoms with van der Waals surface area (Å²) in [7, 11) is 0. The minimum atomic E-state index is 0.734. The van der Waals surface area contributed by atoms with Crippen molar-refractivity contribution in [2.45, 2.75) is 65.0 Å². The Hall–Kier alpha value is -0.120. The predicted molar refractivity (Wildman–Crippen MR) is 87.2 cm³/mol. The minimum absolute atomic E-state index is 0.734. The van der Waals surface area contributed by atoms with Crippen LogP contribution in [0, 0.1) is 5.92 Å². The number of rotatable bonds is 7. The van der Waals surface area contributed by atoms with Crippen molar-refractivity contribution in [3.05, 3.63) is 0 Å². The first-order chi connectivity index (χ1) is 9.74. The smallest absolute Gasteiger partial charge is 0.0223 e. The van der Waals surface area contributed by atoms with Crippen LogP contribution in [0.4, 0.5) is 0 Å². The van der Waals surface area contributed by atoms with Gasteiger partial charge in [0.05, 0.1) is 0 Å². The maximum atomic E-state index is 3.76. The standard InChI is InChI=1S/C17H35N3/c1-4-15(3)20-12-10-19(11-13-20)14-17(18-5-2)16-8-6-7-9-16/h15-18H,4-14H2,1-3H3. The van der Waals surface area contributed by atoms with Crippen molar-refractivity contribution in [3.8, 4) is 0 Å². The molecule has 2 rings (SSSR count). The van der Waals surface area contributed by atoms with E-state index >= 15 is 0 Å². The van der Waals surface area contributed by atoms with E-state index in [1.807, 2.05) is 0 Å². The van der Waals surface area contributed by atoms with Crippen LogP contribution in [0.15, 0.2) is 0 Å². The van der Waals surface area contributed by atoms with Crippen LogP contribution >= 0.6 is 0 Å². The third-order valence-corrected chi connectivity index (χ3v) is 5.51. The Balaban J connectivity index is 1.77. The lowest BCUT2D eigenvalue weighted by atomic mass is 9.97. The number of piperazine rings is 1. The van der Waals surface area contributed by atoms with Crippen LogP contribution in [0.1, 0.15) is 52.9 Å². The number of hydrogen-bond donors (Lipinski definition) is 1. The van der Waals surface area contributed by atoms with Gasteiger partial charge < -0.3 is 5.32 Å². The summed E-state index contributed by atoms with van der Waals surface area (Å²) in [5.74, 6) is 0.933. The molecule has 0 aromatic heterocycles. The van der Waals surface area contributed by atoms with E-state index in [9.17, 15) is 0 Å². The first-order valence-corrected chi connectivity index (χ1v) is 8.94. The summed E-state index contributed by atoms with van der Waals surface area (Å²) in [6.07, 6.45) is 7.08. The van der Waals surface area contributed by atoms with Crippen molar-refractivity contribution in [1.82, 2.24) is 15.1 Å². The van der Waals surface area contributed by atoms with E-state index < -0.39 is 0 Å². The Morgan fingerprint density at radius 1 is 1.05 bits per heavy atom. The van der Waals surface area contributed by atoms with Gasteiger partial charge in [-0.15, -0.1) is 0 Å². The highest BCUT2D eigenvalue weighted by Gasteiger charge is 2.28. The van der Waals surface area contributed by atoms with E-state index in [4.69, 9.17) is 0 Å². The summed E-state index contributed by atoms with van der Waals surface area (Å²) in [5.41, 5.74) is 0. The van der Waals surface area contributed by atoms with E-state index in [0.717, 1.165) is 24.5 Å². The molecule has 1 heterocycles. The monoisotopic (exact) mass is 281 g/mol. The second-order valence-corrected chi connectivity index (χ2v) is 6.80. The number of nitrogens with zero attached hydrogens (tertiary/aromatic N) is 2. The normalized spacial score (nSPS) is 25.9. The van der Waals surface area contributed by atoms with Gasteiger partial charge in [-0.3, -0.25) is 9.80 Å². The van der Waals surface area contributed by atoms with Crippen molar-refractivity contribution in [2.24, 2.45) is 5.92 Å². The van der Waals surface area contributed by atoms with Gasteiger partial charge >= 0.3 is 0 Å².